The summed E-state index contributed by atoms with van der Waals surface area (Å²) in [4.78, 5) is 13.9. The van der Waals surface area contributed by atoms with Crippen LogP contribution in [0.1, 0.15) is 5.56 Å². The number of anilines is 2. The van der Waals surface area contributed by atoms with Crippen molar-refractivity contribution in [2.45, 2.75) is 6.54 Å². The summed E-state index contributed by atoms with van der Waals surface area (Å²) in [6.07, 6.45) is 0. The molecule has 0 bridgehead atoms. The van der Waals surface area contributed by atoms with Crippen molar-refractivity contribution in [2.75, 3.05) is 30.9 Å². The number of nitrogens with zero attached hydrogens (tertiary/aromatic N) is 4. The van der Waals surface area contributed by atoms with Crippen LogP contribution in [0.2, 0.25) is 0 Å². The summed E-state index contributed by atoms with van der Waals surface area (Å²) in [6, 6.07) is 10.00. The monoisotopic (exact) mass is 275 g/mol. The molecular weight excluding hydrogens is 258 g/mol. The zero-order chi connectivity index (χ0) is 14.4. The molecule has 1 aromatic carbocycles. The van der Waals surface area contributed by atoms with Gasteiger partial charge in [-0.15, -0.1) is 0 Å². The molecule has 0 saturated heterocycles. The molecule has 7 nitrogen and oxygen atoms in total. The van der Waals surface area contributed by atoms with Crippen LogP contribution in [0.4, 0.5) is 11.9 Å². The van der Waals surface area contributed by atoms with E-state index in [1.54, 1.807) is 0 Å². The van der Waals surface area contributed by atoms with E-state index in [2.05, 4.69) is 15.0 Å². The zero-order valence-electron chi connectivity index (χ0n) is 11.2. The summed E-state index contributed by atoms with van der Waals surface area (Å²) in [5, 5.41) is 9.20. The van der Waals surface area contributed by atoms with Crippen molar-refractivity contribution in [3.05, 3.63) is 35.9 Å². The fourth-order valence-corrected chi connectivity index (χ4v) is 1.77. The Morgan fingerprint density at radius 1 is 1.20 bits per heavy atom. The summed E-state index contributed by atoms with van der Waals surface area (Å²) < 4.78 is 4.98. The first kappa shape index (κ1) is 14.0. The van der Waals surface area contributed by atoms with Gasteiger partial charge >= 0.3 is 6.01 Å². The number of rotatable bonds is 6. The standard InChI is InChI=1S/C13H17N5O2/c1-20-13-16-11(14)15-12(17-13)18(7-8-19)9-10-5-3-2-4-6-10/h2-6,19H,7-9H2,1H3,(H2,14,15,16,17). The third kappa shape index (κ3) is 3.55. The lowest BCUT2D eigenvalue weighted by molar-refractivity contribution is 0.300. The van der Waals surface area contributed by atoms with Crippen molar-refractivity contribution >= 4 is 11.9 Å². The number of methoxy groups -OCH3 is 1. The smallest absolute Gasteiger partial charge is 0.322 e. The highest BCUT2D eigenvalue weighted by atomic mass is 16.5. The quantitative estimate of drug-likeness (QED) is 0.790. The highest BCUT2D eigenvalue weighted by Gasteiger charge is 2.13. The summed E-state index contributed by atoms with van der Waals surface area (Å²) >= 11 is 0. The summed E-state index contributed by atoms with van der Waals surface area (Å²) in [5.41, 5.74) is 6.71. The molecule has 0 aliphatic carbocycles. The van der Waals surface area contributed by atoms with Gasteiger partial charge < -0.3 is 20.5 Å². The van der Waals surface area contributed by atoms with Gasteiger partial charge in [-0.1, -0.05) is 30.3 Å². The van der Waals surface area contributed by atoms with Crippen LogP contribution in [0.25, 0.3) is 0 Å². The van der Waals surface area contributed by atoms with Crippen molar-refractivity contribution in [1.82, 2.24) is 15.0 Å². The second kappa shape index (κ2) is 6.67. The topological polar surface area (TPSA) is 97.4 Å². The number of aliphatic hydroxyl groups excluding tert-OH is 1. The van der Waals surface area contributed by atoms with Gasteiger partial charge in [0.05, 0.1) is 13.7 Å². The number of hydrogen-bond acceptors (Lipinski definition) is 7. The second-order valence-corrected chi connectivity index (χ2v) is 4.11. The molecule has 0 radical (unpaired) electrons. The maximum Gasteiger partial charge on any atom is 0.322 e. The van der Waals surface area contributed by atoms with Crippen molar-refractivity contribution in [2.24, 2.45) is 0 Å². The maximum atomic E-state index is 9.20. The van der Waals surface area contributed by atoms with E-state index in [-0.39, 0.29) is 18.6 Å². The molecule has 0 spiro atoms. The molecule has 2 aromatic rings. The first-order chi connectivity index (χ1) is 9.72. The summed E-state index contributed by atoms with van der Waals surface area (Å²) in [5.74, 6) is 0.468. The first-order valence-electron chi connectivity index (χ1n) is 6.18. The average molecular weight is 275 g/mol. The van der Waals surface area contributed by atoms with Gasteiger partial charge in [-0.25, -0.2) is 0 Å². The number of aliphatic hydroxyl groups is 1. The number of hydrogen-bond donors (Lipinski definition) is 2. The zero-order valence-corrected chi connectivity index (χ0v) is 11.2. The van der Waals surface area contributed by atoms with E-state index < -0.39 is 0 Å². The van der Waals surface area contributed by atoms with Gasteiger partial charge in [0, 0.05) is 13.1 Å². The number of nitrogen functional groups attached to an aromatic ring is 1. The minimum Gasteiger partial charge on any atom is -0.467 e. The van der Waals surface area contributed by atoms with Gasteiger partial charge in [0.25, 0.3) is 0 Å². The van der Waals surface area contributed by atoms with E-state index in [9.17, 15) is 5.11 Å². The Morgan fingerprint density at radius 3 is 2.60 bits per heavy atom. The Hall–Kier alpha value is -2.41. The third-order valence-corrected chi connectivity index (χ3v) is 2.67. The van der Waals surface area contributed by atoms with E-state index in [0.29, 0.717) is 19.0 Å². The molecule has 0 saturated carbocycles. The lowest BCUT2D eigenvalue weighted by Gasteiger charge is -2.21. The fourth-order valence-electron chi connectivity index (χ4n) is 1.77. The Kier molecular flexibility index (Phi) is 4.67. The first-order valence-corrected chi connectivity index (χ1v) is 6.18. The fraction of sp³-hybridized carbons (Fsp3) is 0.308. The molecule has 3 N–H and O–H groups in total. The van der Waals surface area contributed by atoms with Gasteiger partial charge in [0.15, 0.2) is 0 Å². The number of ether oxygens (including phenoxy) is 1. The van der Waals surface area contributed by atoms with Crippen molar-refractivity contribution < 1.29 is 9.84 Å². The van der Waals surface area contributed by atoms with Crippen LogP contribution in [0.3, 0.4) is 0 Å². The van der Waals surface area contributed by atoms with Gasteiger partial charge in [0.2, 0.25) is 11.9 Å². The largest absolute Gasteiger partial charge is 0.467 e. The highest BCUT2D eigenvalue weighted by Crippen LogP contribution is 2.15. The van der Waals surface area contributed by atoms with Crippen molar-refractivity contribution in [1.29, 1.82) is 0 Å². The van der Waals surface area contributed by atoms with Crippen LogP contribution in [-0.4, -0.2) is 40.3 Å². The predicted molar refractivity (Wildman–Crippen MR) is 75.4 cm³/mol. The van der Waals surface area contributed by atoms with Gasteiger partial charge in [0.1, 0.15) is 0 Å². The maximum absolute atomic E-state index is 9.20. The Bertz CT molecular complexity index is 550. The van der Waals surface area contributed by atoms with E-state index in [0.717, 1.165) is 5.56 Å². The predicted octanol–water partition coefficient (Wildman–Crippen LogP) is 0.461. The summed E-state index contributed by atoms with van der Waals surface area (Å²) in [7, 11) is 1.46. The molecule has 0 unspecified atom stereocenters. The van der Waals surface area contributed by atoms with Crippen LogP contribution in [-0.2, 0) is 6.54 Å². The minimum absolute atomic E-state index is 0.0132. The molecule has 0 aliphatic heterocycles. The molecule has 0 aliphatic rings. The number of benzene rings is 1. The number of nitrogens with two attached hydrogens (primary N) is 1. The molecule has 1 heterocycles. The van der Waals surface area contributed by atoms with Crippen molar-refractivity contribution in [3.63, 3.8) is 0 Å². The van der Waals surface area contributed by atoms with Gasteiger partial charge in [-0.05, 0) is 5.56 Å². The molecule has 2 rings (SSSR count). The van der Waals surface area contributed by atoms with Crippen LogP contribution >= 0.6 is 0 Å². The van der Waals surface area contributed by atoms with Crippen LogP contribution < -0.4 is 15.4 Å². The van der Waals surface area contributed by atoms with Gasteiger partial charge in [-0.2, -0.15) is 15.0 Å². The van der Waals surface area contributed by atoms with Crippen LogP contribution in [0.15, 0.2) is 30.3 Å². The molecular formula is C13H17N5O2. The van der Waals surface area contributed by atoms with Crippen LogP contribution in [0.5, 0.6) is 6.01 Å². The molecule has 7 heteroatoms. The van der Waals surface area contributed by atoms with E-state index >= 15 is 0 Å². The SMILES string of the molecule is COc1nc(N)nc(N(CCO)Cc2ccccc2)n1. The average Bonchev–Trinajstić information content (AvgIpc) is 2.47. The van der Waals surface area contributed by atoms with Crippen molar-refractivity contribution in [3.8, 4) is 6.01 Å². The summed E-state index contributed by atoms with van der Waals surface area (Å²) in [6.45, 7) is 0.941. The van der Waals surface area contributed by atoms with E-state index in [1.165, 1.54) is 7.11 Å². The normalized spacial score (nSPS) is 10.3. The Balaban J connectivity index is 2.26. The van der Waals surface area contributed by atoms with Crippen LogP contribution in [0, 0.1) is 0 Å². The highest BCUT2D eigenvalue weighted by molar-refractivity contribution is 5.37. The second-order valence-electron chi connectivity index (χ2n) is 4.11. The van der Waals surface area contributed by atoms with Gasteiger partial charge in [-0.3, -0.25) is 0 Å². The Labute approximate surface area is 117 Å². The lowest BCUT2D eigenvalue weighted by Crippen LogP contribution is -2.28. The molecule has 0 fully saturated rings. The number of aromatic nitrogens is 3. The van der Waals surface area contributed by atoms with E-state index in [1.807, 2.05) is 35.2 Å². The molecule has 0 atom stereocenters. The minimum atomic E-state index is -0.0132. The molecule has 106 valence electrons. The lowest BCUT2D eigenvalue weighted by atomic mass is 10.2. The van der Waals surface area contributed by atoms with E-state index in [4.69, 9.17) is 10.5 Å². The molecule has 1 aromatic heterocycles. The third-order valence-electron chi connectivity index (χ3n) is 2.67. The molecule has 20 heavy (non-hydrogen) atoms. The Morgan fingerprint density at radius 2 is 1.95 bits per heavy atom. The molecule has 0 amide bonds.